The van der Waals surface area contributed by atoms with Crippen LogP contribution >= 0.6 is 61.2 Å². The molecule has 0 radical (unpaired) electrons. The van der Waals surface area contributed by atoms with Crippen molar-refractivity contribution in [2.75, 3.05) is 6.54 Å². The summed E-state index contributed by atoms with van der Waals surface area (Å²) in [7, 11) is 0. The maximum absolute atomic E-state index is 3.56. The molecular weight excluding hydrogens is 429 g/mol. The fourth-order valence-corrected chi connectivity index (χ4v) is 4.68. The topological polar surface area (TPSA) is 12.0 Å². The summed E-state index contributed by atoms with van der Waals surface area (Å²) in [5.74, 6) is 0. The smallest absolute Gasteiger partial charge is 0.0701 e. The van der Waals surface area contributed by atoms with Crippen LogP contribution in [0.1, 0.15) is 23.4 Å². The summed E-state index contributed by atoms with van der Waals surface area (Å²) in [5, 5.41) is 5.83. The van der Waals surface area contributed by atoms with E-state index in [-0.39, 0.29) is 0 Å². The number of hydrogen-bond acceptors (Lipinski definition) is 3. The van der Waals surface area contributed by atoms with Gasteiger partial charge in [-0.15, -0.1) is 22.7 Å². The Morgan fingerprint density at radius 1 is 1.47 bits per heavy atom. The molecular formula is C12H13BrINS2. The van der Waals surface area contributed by atoms with Gasteiger partial charge in [-0.3, -0.25) is 0 Å². The van der Waals surface area contributed by atoms with E-state index in [1.807, 2.05) is 22.7 Å². The largest absolute Gasteiger partial charge is 0.310 e. The van der Waals surface area contributed by atoms with Crippen LogP contribution in [0.4, 0.5) is 0 Å². The molecule has 0 aliphatic heterocycles. The average molecular weight is 442 g/mol. The van der Waals surface area contributed by atoms with Crippen molar-refractivity contribution in [3.63, 3.8) is 0 Å². The SMILES string of the molecule is CCNC(Cc1ccc(Br)s1)c1csc(I)c1. The summed E-state index contributed by atoms with van der Waals surface area (Å²) < 4.78 is 2.57. The second-order valence-electron chi connectivity index (χ2n) is 3.70. The Morgan fingerprint density at radius 3 is 2.82 bits per heavy atom. The van der Waals surface area contributed by atoms with Crippen molar-refractivity contribution >= 4 is 61.2 Å². The molecule has 2 rings (SSSR count). The van der Waals surface area contributed by atoms with Gasteiger partial charge in [-0.2, -0.15) is 0 Å². The predicted octanol–water partition coefficient (Wildman–Crippen LogP) is 5.07. The van der Waals surface area contributed by atoms with Gasteiger partial charge < -0.3 is 5.32 Å². The molecule has 1 atom stereocenters. The van der Waals surface area contributed by atoms with Gasteiger partial charge in [0.25, 0.3) is 0 Å². The maximum Gasteiger partial charge on any atom is 0.0701 e. The average Bonchev–Trinajstić information content (AvgIpc) is 2.87. The van der Waals surface area contributed by atoms with Crippen LogP contribution in [0.25, 0.3) is 0 Å². The van der Waals surface area contributed by atoms with Gasteiger partial charge in [0.05, 0.1) is 6.67 Å². The monoisotopic (exact) mass is 441 g/mol. The molecule has 1 nitrogen and oxygen atoms in total. The van der Waals surface area contributed by atoms with E-state index in [4.69, 9.17) is 0 Å². The number of rotatable bonds is 5. The molecule has 0 bridgehead atoms. The molecule has 0 saturated carbocycles. The van der Waals surface area contributed by atoms with Crippen molar-refractivity contribution in [2.45, 2.75) is 19.4 Å². The number of thiophene rings is 2. The molecule has 2 heterocycles. The van der Waals surface area contributed by atoms with E-state index in [1.54, 1.807) is 0 Å². The van der Waals surface area contributed by atoms with Crippen molar-refractivity contribution < 1.29 is 0 Å². The van der Waals surface area contributed by atoms with Crippen molar-refractivity contribution in [3.05, 3.63) is 40.7 Å². The first-order valence-electron chi connectivity index (χ1n) is 5.40. The van der Waals surface area contributed by atoms with Gasteiger partial charge in [0, 0.05) is 17.3 Å². The van der Waals surface area contributed by atoms with E-state index in [2.05, 4.69) is 74.3 Å². The minimum atomic E-state index is 0.435. The first kappa shape index (κ1) is 14.0. The first-order chi connectivity index (χ1) is 8.19. The summed E-state index contributed by atoms with van der Waals surface area (Å²) in [6.45, 7) is 3.16. The van der Waals surface area contributed by atoms with Crippen molar-refractivity contribution in [2.24, 2.45) is 0 Å². The zero-order chi connectivity index (χ0) is 12.3. The number of likely N-dealkylation sites (N-methyl/N-ethyl adjacent to an activating group) is 1. The van der Waals surface area contributed by atoms with Gasteiger partial charge in [-0.1, -0.05) is 6.92 Å². The normalized spacial score (nSPS) is 12.9. The van der Waals surface area contributed by atoms with E-state index in [1.165, 1.54) is 17.1 Å². The summed E-state index contributed by atoms with van der Waals surface area (Å²) >= 11 is 9.54. The lowest BCUT2D eigenvalue weighted by Gasteiger charge is -2.15. The fourth-order valence-electron chi connectivity index (χ4n) is 1.72. The molecule has 17 heavy (non-hydrogen) atoms. The summed E-state index contributed by atoms with van der Waals surface area (Å²) in [6, 6.07) is 7.04. The van der Waals surface area contributed by atoms with Gasteiger partial charge in [-0.05, 0) is 74.2 Å². The van der Waals surface area contributed by atoms with Crippen LogP contribution in [-0.4, -0.2) is 6.54 Å². The van der Waals surface area contributed by atoms with Gasteiger partial charge in [0.15, 0.2) is 0 Å². The molecule has 5 heteroatoms. The zero-order valence-corrected chi connectivity index (χ0v) is 14.7. The third kappa shape index (κ3) is 4.02. The lowest BCUT2D eigenvalue weighted by atomic mass is 10.1. The minimum Gasteiger partial charge on any atom is -0.310 e. The van der Waals surface area contributed by atoms with Gasteiger partial charge in [0.2, 0.25) is 0 Å². The molecule has 0 spiro atoms. The van der Waals surface area contributed by atoms with Gasteiger partial charge in [0.1, 0.15) is 0 Å². The molecule has 0 aliphatic carbocycles. The molecule has 2 aromatic rings. The number of halogens is 2. The molecule has 2 aromatic heterocycles. The van der Waals surface area contributed by atoms with E-state index < -0.39 is 0 Å². The highest BCUT2D eigenvalue weighted by Crippen LogP contribution is 2.29. The third-order valence-electron chi connectivity index (χ3n) is 2.47. The highest BCUT2D eigenvalue weighted by molar-refractivity contribution is 14.1. The molecule has 0 saturated heterocycles. The molecule has 92 valence electrons. The van der Waals surface area contributed by atoms with E-state index in [0.29, 0.717) is 6.04 Å². The Balaban J connectivity index is 2.12. The maximum atomic E-state index is 3.56. The zero-order valence-electron chi connectivity index (χ0n) is 9.37. The van der Waals surface area contributed by atoms with Crippen LogP contribution in [0.2, 0.25) is 0 Å². The summed E-state index contributed by atoms with van der Waals surface area (Å²) in [5.41, 5.74) is 1.41. The Labute approximate surface area is 132 Å². The molecule has 0 aliphatic rings. The highest BCUT2D eigenvalue weighted by Gasteiger charge is 2.13. The summed E-state index contributed by atoms with van der Waals surface area (Å²) in [6.07, 6.45) is 1.07. The van der Waals surface area contributed by atoms with Crippen LogP contribution in [-0.2, 0) is 6.42 Å². The van der Waals surface area contributed by atoms with Crippen molar-refractivity contribution in [3.8, 4) is 0 Å². The van der Waals surface area contributed by atoms with Crippen LogP contribution in [0.5, 0.6) is 0 Å². The molecule has 0 fully saturated rings. The van der Waals surface area contributed by atoms with E-state index >= 15 is 0 Å². The Morgan fingerprint density at radius 2 is 2.29 bits per heavy atom. The molecule has 1 N–H and O–H groups in total. The van der Waals surface area contributed by atoms with Crippen molar-refractivity contribution in [1.29, 1.82) is 0 Å². The van der Waals surface area contributed by atoms with Crippen molar-refractivity contribution in [1.82, 2.24) is 5.32 Å². The molecule has 1 unspecified atom stereocenters. The minimum absolute atomic E-state index is 0.435. The standard InChI is InChI=1S/C12H13BrINS2/c1-2-15-10(8-5-12(14)16-7-8)6-9-3-4-11(13)17-9/h3-5,7,10,15H,2,6H2,1H3. The third-order valence-corrected chi connectivity index (χ3v) is 5.93. The quantitative estimate of drug-likeness (QED) is 0.638. The molecule has 0 amide bonds. The lowest BCUT2D eigenvalue weighted by molar-refractivity contribution is 0.555. The summed E-state index contributed by atoms with van der Waals surface area (Å²) in [4.78, 5) is 1.42. The number of nitrogens with one attached hydrogen (secondary N) is 1. The predicted molar refractivity (Wildman–Crippen MR) is 89.2 cm³/mol. The highest BCUT2D eigenvalue weighted by atomic mass is 127. The second kappa shape index (κ2) is 6.65. The Hall–Kier alpha value is 0.570. The fraction of sp³-hybridized carbons (Fsp3) is 0.333. The van der Waals surface area contributed by atoms with Crippen LogP contribution in [0, 0.1) is 2.88 Å². The molecule has 0 aromatic carbocycles. The van der Waals surface area contributed by atoms with E-state index in [0.717, 1.165) is 13.0 Å². The lowest BCUT2D eigenvalue weighted by Crippen LogP contribution is -2.22. The second-order valence-corrected chi connectivity index (χ2v) is 9.06. The first-order valence-corrected chi connectivity index (χ1v) is 8.97. The Bertz CT molecular complexity index is 480. The van der Waals surface area contributed by atoms with Gasteiger partial charge >= 0.3 is 0 Å². The van der Waals surface area contributed by atoms with Crippen LogP contribution in [0.3, 0.4) is 0 Å². The van der Waals surface area contributed by atoms with Gasteiger partial charge in [-0.25, -0.2) is 0 Å². The van der Waals surface area contributed by atoms with Crippen LogP contribution < -0.4 is 5.32 Å². The van der Waals surface area contributed by atoms with Crippen LogP contribution in [0.15, 0.2) is 27.4 Å². The number of hydrogen-bond donors (Lipinski definition) is 1. The Kier molecular flexibility index (Phi) is 5.48. The van der Waals surface area contributed by atoms with E-state index in [9.17, 15) is 0 Å².